The molecule has 3 N–H and O–H groups in total. The standard InChI is InChI=1S/C8H8N4O3/c9-7(15)5-3-11(4-6(13)14)12-2-1-10-8(5)12/h1-3H,4H2,(H2,9,15)(H,13,14). The van der Waals surface area contributed by atoms with Crippen LogP contribution in [-0.4, -0.2) is 31.2 Å². The van der Waals surface area contributed by atoms with Crippen molar-refractivity contribution >= 4 is 17.5 Å². The van der Waals surface area contributed by atoms with Gasteiger partial charge in [-0.05, 0) is 0 Å². The predicted octanol–water partition coefficient (Wildman–Crippen LogP) is -0.681. The van der Waals surface area contributed by atoms with E-state index >= 15 is 0 Å². The molecule has 7 nitrogen and oxygen atoms in total. The molecule has 0 saturated carbocycles. The van der Waals surface area contributed by atoms with Crippen LogP contribution in [0.3, 0.4) is 0 Å². The van der Waals surface area contributed by atoms with Gasteiger partial charge < -0.3 is 10.8 Å². The van der Waals surface area contributed by atoms with Gasteiger partial charge in [0.1, 0.15) is 12.1 Å². The van der Waals surface area contributed by atoms with Crippen LogP contribution in [0, 0.1) is 0 Å². The Labute approximate surface area is 83.7 Å². The first-order valence-corrected chi connectivity index (χ1v) is 4.13. The monoisotopic (exact) mass is 208 g/mol. The van der Waals surface area contributed by atoms with E-state index in [9.17, 15) is 9.59 Å². The molecule has 0 atom stereocenters. The molecule has 1 amide bonds. The van der Waals surface area contributed by atoms with Crippen LogP contribution in [0.5, 0.6) is 0 Å². The average molecular weight is 208 g/mol. The Morgan fingerprint density at radius 1 is 1.53 bits per heavy atom. The topological polar surface area (TPSA) is 103 Å². The molecule has 0 radical (unpaired) electrons. The number of carboxylic acid groups (broad SMARTS) is 1. The van der Waals surface area contributed by atoms with Gasteiger partial charge >= 0.3 is 5.97 Å². The van der Waals surface area contributed by atoms with E-state index in [1.54, 1.807) is 6.20 Å². The summed E-state index contributed by atoms with van der Waals surface area (Å²) in [7, 11) is 0. The molecule has 2 rings (SSSR count). The number of nitrogens with zero attached hydrogens (tertiary/aromatic N) is 3. The Morgan fingerprint density at radius 3 is 2.87 bits per heavy atom. The number of hydrogen-bond acceptors (Lipinski definition) is 3. The molecule has 0 saturated heterocycles. The zero-order valence-corrected chi connectivity index (χ0v) is 7.62. The van der Waals surface area contributed by atoms with Crippen LogP contribution in [0.1, 0.15) is 10.4 Å². The van der Waals surface area contributed by atoms with Crippen molar-refractivity contribution in [3.8, 4) is 0 Å². The molecule has 2 aromatic heterocycles. The van der Waals surface area contributed by atoms with Crippen LogP contribution in [0.4, 0.5) is 0 Å². The van der Waals surface area contributed by atoms with Gasteiger partial charge in [0.15, 0.2) is 5.65 Å². The SMILES string of the molecule is NC(=O)c1cn(CC(=O)O)n2ccnc12. The number of primary amides is 1. The molecule has 0 fully saturated rings. The first-order chi connectivity index (χ1) is 7.09. The summed E-state index contributed by atoms with van der Waals surface area (Å²) in [6.45, 7) is -0.250. The van der Waals surface area contributed by atoms with Crippen molar-refractivity contribution in [1.29, 1.82) is 0 Å². The van der Waals surface area contributed by atoms with Crippen molar-refractivity contribution < 1.29 is 14.7 Å². The third-order valence-electron chi connectivity index (χ3n) is 1.98. The number of hydrogen-bond donors (Lipinski definition) is 2. The predicted molar refractivity (Wildman–Crippen MR) is 49.3 cm³/mol. The maximum absolute atomic E-state index is 11.0. The summed E-state index contributed by atoms with van der Waals surface area (Å²) in [4.78, 5) is 25.5. The Kier molecular flexibility index (Phi) is 1.93. The summed E-state index contributed by atoms with van der Waals surface area (Å²) >= 11 is 0. The van der Waals surface area contributed by atoms with E-state index in [1.165, 1.54) is 21.6 Å². The molecular formula is C8H8N4O3. The number of aliphatic carboxylic acids is 1. The van der Waals surface area contributed by atoms with Gasteiger partial charge in [-0.25, -0.2) is 9.50 Å². The van der Waals surface area contributed by atoms with Crippen LogP contribution in [0.2, 0.25) is 0 Å². The Morgan fingerprint density at radius 2 is 2.27 bits per heavy atom. The molecule has 0 aliphatic carbocycles. The number of carbonyl (C=O) groups excluding carboxylic acids is 1. The van der Waals surface area contributed by atoms with Crippen molar-refractivity contribution in [2.75, 3.05) is 0 Å². The van der Waals surface area contributed by atoms with Gasteiger partial charge in [0.05, 0.1) is 0 Å². The highest BCUT2D eigenvalue weighted by Crippen LogP contribution is 2.09. The lowest BCUT2D eigenvalue weighted by Crippen LogP contribution is -2.12. The lowest BCUT2D eigenvalue weighted by molar-refractivity contribution is -0.137. The summed E-state index contributed by atoms with van der Waals surface area (Å²) in [5, 5.41) is 8.64. The average Bonchev–Trinajstić information content (AvgIpc) is 2.66. The van der Waals surface area contributed by atoms with E-state index in [2.05, 4.69) is 4.98 Å². The zero-order valence-electron chi connectivity index (χ0n) is 7.62. The molecular weight excluding hydrogens is 200 g/mol. The Bertz CT molecular complexity index is 539. The van der Waals surface area contributed by atoms with Gasteiger partial charge in [0.25, 0.3) is 5.91 Å². The smallest absolute Gasteiger partial charge is 0.325 e. The molecule has 0 bridgehead atoms. The quantitative estimate of drug-likeness (QED) is 0.697. The minimum atomic E-state index is -1.00. The fraction of sp³-hybridized carbons (Fsp3) is 0.125. The minimum Gasteiger partial charge on any atom is -0.480 e. The van der Waals surface area contributed by atoms with E-state index in [0.29, 0.717) is 5.65 Å². The van der Waals surface area contributed by atoms with Crippen molar-refractivity contribution in [2.24, 2.45) is 5.73 Å². The van der Waals surface area contributed by atoms with Gasteiger partial charge in [-0.15, -0.1) is 0 Å². The van der Waals surface area contributed by atoms with Gasteiger partial charge in [-0.1, -0.05) is 0 Å². The second kappa shape index (κ2) is 3.12. The lowest BCUT2D eigenvalue weighted by Gasteiger charge is -1.98. The first kappa shape index (κ1) is 9.25. The van der Waals surface area contributed by atoms with E-state index in [-0.39, 0.29) is 12.1 Å². The van der Waals surface area contributed by atoms with Gasteiger partial charge in [-0.3, -0.25) is 14.3 Å². The lowest BCUT2D eigenvalue weighted by atomic mass is 10.3. The highest BCUT2D eigenvalue weighted by atomic mass is 16.4. The normalized spacial score (nSPS) is 10.7. The molecule has 78 valence electrons. The fourth-order valence-electron chi connectivity index (χ4n) is 1.40. The van der Waals surface area contributed by atoms with Crippen molar-refractivity contribution in [1.82, 2.24) is 14.2 Å². The first-order valence-electron chi connectivity index (χ1n) is 4.13. The summed E-state index contributed by atoms with van der Waals surface area (Å²) in [5.41, 5.74) is 5.70. The molecule has 0 aliphatic rings. The second-order valence-corrected chi connectivity index (χ2v) is 2.99. The summed E-state index contributed by atoms with van der Waals surface area (Å²) < 4.78 is 2.82. The van der Waals surface area contributed by atoms with Crippen LogP contribution >= 0.6 is 0 Å². The highest BCUT2D eigenvalue weighted by molar-refractivity contribution is 5.98. The van der Waals surface area contributed by atoms with Crippen LogP contribution in [0.15, 0.2) is 18.6 Å². The van der Waals surface area contributed by atoms with Crippen LogP contribution in [-0.2, 0) is 11.3 Å². The molecule has 7 heteroatoms. The van der Waals surface area contributed by atoms with Crippen molar-refractivity contribution in [2.45, 2.75) is 6.54 Å². The molecule has 0 aliphatic heterocycles. The zero-order chi connectivity index (χ0) is 11.0. The summed E-state index contributed by atoms with van der Waals surface area (Å²) in [5.74, 6) is -1.63. The molecule has 2 heterocycles. The van der Waals surface area contributed by atoms with Crippen LogP contribution < -0.4 is 5.73 Å². The van der Waals surface area contributed by atoms with Gasteiger partial charge in [0, 0.05) is 18.6 Å². The Hall–Kier alpha value is -2.31. The molecule has 0 aromatic carbocycles. The minimum absolute atomic E-state index is 0.209. The van der Waals surface area contributed by atoms with E-state index in [0.717, 1.165) is 0 Å². The molecule has 15 heavy (non-hydrogen) atoms. The van der Waals surface area contributed by atoms with Crippen molar-refractivity contribution in [3.63, 3.8) is 0 Å². The molecule has 0 unspecified atom stereocenters. The maximum Gasteiger partial charge on any atom is 0.325 e. The number of aromatic nitrogens is 3. The van der Waals surface area contributed by atoms with Gasteiger partial charge in [0.2, 0.25) is 0 Å². The number of imidazole rings is 1. The third-order valence-corrected chi connectivity index (χ3v) is 1.98. The number of carboxylic acids is 1. The second-order valence-electron chi connectivity index (χ2n) is 2.99. The number of fused-ring (bicyclic) bond motifs is 1. The van der Waals surface area contributed by atoms with Crippen LogP contribution in [0.25, 0.3) is 5.65 Å². The summed E-state index contributed by atoms with van der Waals surface area (Å²) in [6.07, 6.45) is 4.41. The van der Waals surface area contributed by atoms with E-state index in [4.69, 9.17) is 10.8 Å². The van der Waals surface area contributed by atoms with Gasteiger partial charge in [-0.2, -0.15) is 0 Å². The molecule has 0 spiro atoms. The van der Waals surface area contributed by atoms with E-state index < -0.39 is 11.9 Å². The largest absolute Gasteiger partial charge is 0.480 e. The number of carbonyl (C=O) groups is 2. The van der Waals surface area contributed by atoms with Crippen molar-refractivity contribution in [3.05, 3.63) is 24.2 Å². The fourth-order valence-corrected chi connectivity index (χ4v) is 1.40. The Balaban J connectivity index is 2.60. The summed E-state index contributed by atoms with van der Waals surface area (Å²) in [6, 6.07) is 0. The molecule has 2 aromatic rings. The highest BCUT2D eigenvalue weighted by Gasteiger charge is 2.14. The number of nitrogens with two attached hydrogens (primary N) is 1. The third kappa shape index (κ3) is 1.43. The number of rotatable bonds is 3. The number of amides is 1. The maximum atomic E-state index is 11.0. The van der Waals surface area contributed by atoms with E-state index in [1.807, 2.05) is 0 Å².